The molecule has 0 aliphatic rings. The summed E-state index contributed by atoms with van der Waals surface area (Å²) in [5, 5.41) is 13.9. The Labute approximate surface area is 420 Å². The van der Waals surface area contributed by atoms with Crippen molar-refractivity contribution in [3.63, 3.8) is 0 Å². The molecule has 0 rings (SSSR count). The van der Waals surface area contributed by atoms with E-state index in [1.165, 1.54) is 135 Å². The van der Waals surface area contributed by atoms with Gasteiger partial charge in [0.05, 0.1) is 39.9 Å². The molecule has 1 amide bonds. The summed E-state index contributed by atoms with van der Waals surface area (Å²) in [6.45, 7) is 4.68. The molecule has 3 atom stereocenters. The SMILES string of the molecule is CC/C=C\C/C=C\C/C=C\C/C=C\CCCCCCCCCCCCC(=O)NC(COP(=O)(O)OCC[N+](C)(C)C)C(O)/C=C/CC/C=C/CC/C=C/CCCCCCCCCCCCCCC. The molecule has 0 spiro atoms. The second-order valence-electron chi connectivity index (χ2n) is 19.9. The summed E-state index contributed by atoms with van der Waals surface area (Å²) < 4.78 is 23.7. The maximum atomic E-state index is 13.0. The fraction of sp³-hybridized carbons (Fsp3) is 0.746. The summed E-state index contributed by atoms with van der Waals surface area (Å²) in [7, 11) is 1.53. The molecular formula is C59H108N2O6P+. The normalized spacial score (nSPS) is 14.6. The first-order chi connectivity index (χ1) is 33.0. The minimum Gasteiger partial charge on any atom is -0.387 e. The summed E-state index contributed by atoms with van der Waals surface area (Å²) in [5.41, 5.74) is 0. The van der Waals surface area contributed by atoms with Crippen molar-refractivity contribution in [3.05, 3.63) is 85.1 Å². The Kier molecular flexibility index (Phi) is 48.0. The predicted molar refractivity (Wildman–Crippen MR) is 295 cm³/mol. The van der Waals surface area contributed by atoms with E-state index in [4.69, 9.17) is 9.05 Å². The minimum atomic E-state index is -4.36. The first-order valence-corrected chi connectivity index (χ1v) is 29.5. The summed E-state index contributed by atoms with van der Waals surface area (Å²) in [6, 6.07) is -0.878. The number of carbonyl (C=O) groups excluding carboxylic acids is 1. The number of allylic oxidation sites excluding steroid dienone is 13. The summed E-state index contributed by atoms with van der Waals surface area (Å²) in [5.74, 6) is -0.198. The second-order valence-corrected chi connectivity index (χ2v) is 21.4. The van der Waals surface area contributed by atoms with Gasteiger partial charge in [-0.3, -0.25) is 13.8 Å². The Morgan fingerprint density at radius 2 is 0.897 bits per heavy atom. The van der Waals surface area contributed by atoms with Gasteiger partial charge in [0.15, 0.2) is 0 Å². The second kappa shape index (κ2) is 49.7. The smallest absolute Gasteiger partial charge is 0.387 e. The van der Waals surface area contributed by atoms with Crippen LogP contribution in [0.1, 0.15) is 232 Å². The molecule has 0 aromatic heterocycles. The van der Waals surface area contributed by atoms with E-state index in [9.17, 15) is 19.4 Å². The Morgan fingerprint density at radius 3 is 1.35 bits per heavy atom. The standard InChI is InChI=1S/C59H107N2O6P/c1-6-8-10-12-14-16-18-20-22-24-26-28-30-32-34-36-38-40-42-44-46-48-50-52-58(62)57(56-67-68(64,65)66-55-54-61(3,4)5)60-59(63)53-51-49-47-45-43-41-39-37-35-33-31-29-27-25-23-21-19-17-15-13-11-9-7-2/h9,11,15,17,21,23,27,29,34,36,42,44,50,52,57-58,62H,6-8,10,12-14,16,18-20,22,24-26,28,30-33,35,37-41,43,45-49,51,53-56H2,1-5H3,(H-,60,63,64,65)/p+1/b11-9-,17-15-,23-21-,29-27-,36-34+,44-42+,52-50+. The summed E-state index contributed by atoms with van der Waals surface area (Å²) in [6.07, 6.45) is 69.7. The average Bonchev–Trinajstić information content (AvgIpc) is 3.30. The van der Waals surface area contributed by atoms with Crippen LogP contribution in [0.3, 0.4) is 0 Å². The maximum absolute atomic E-state index is 13.0. The highest BCUT2D eigenvalue weighted by Crippen LogP contribution is 2.43. The third-order valence-electron chi connectivity index (χ3n) is 12.1. The van der Waals surface area contributed by atoms with Crippen molar-refractivity contribution in [2.24, 2.45) is 0 Å². The quantitative estimate of drug-likeness (QED) is 0.0243. The highest BCUT2D eigenvalue weighted by atomic mass is 31.2. The van der Waals surface area contributed by atoms with Crippen LogP contribution in [0.15, 0.2) is 85.1 Å². The third-order valence-corrected chi connectivity index (χ3v) is 13.1. The van der Waals surface area contributed by atoms with Crippen molar-refractivity contribution in [3.8, 4) is 0 Å². The van der Waals surface area contributed by atoms with Crippen molar-refractivity contribution in [2.45, 2.75) is 244 Å². The van der Waals surface area contributed by atoms with Gasteiger partial charge in [0.2, 0.25) is 5.91 Å². The number of phosphoric ester groups is 1. The Hall–Kier alpha value is -2.32. The van der Waals surface area contributed by atoms with Crippen LogP contribution in [0.2, 0.25) is 0 Å². The topological polar surface area (TPSA) is 105 Å². The van der Waals surface area contributed by atoms with Crippen LogP contribution >= 0.6 is 7.82 Å². The fourth-order valence-corrected chi connectivity index (χ4v) is 8.45. The first-order valence-electron chi connectivity index (χ1n) is 28.0. The van der Waals surface area contributed by atoms with E-state index in [0.717, 1.165) is 77.0 Å². The molecule has 0 saturated heterocycles. The molecule has 0 fully saturated rings. The summed E-state index contributed by atoms with van der Waals surface area (Å²) in [4.78, 5) is 23.3. The third kappa shape index (κ3) is 51.5. The molecule has 9 heteroatoms. The molecule has 0 aliphatic carbocycles. The molecule has 0 saturated carbocycles. The van der Waals surface area contributed by atoms with Gasteiger partial charge in [-0.2, -0.15) is 0 Å². The van der Waals surface area contributed by atoms with Gasteiger partial charge in [-0.25, -0.2) is 4.57 Å². The number of phosphoric acid groups is 1. The van der Waals surface area contributed by atoms with Crippen molar-refractivity contribution < 1.29 is 32.9 Å². The number of unbranched alkanes of at least 4 members (excludes halogenated alkanes) is 25. The molecule has 3 N–H and O–H groups in total. The molecule has 0 aromatic rings. The molecular weight excluding hydrogens is 864 g/mol. The van der Waals surface area contributed by atoms with Gasteiger partial charge in [0.25, 0.3) is 0 Å². The zero-order chi connectivity index (χ0) is 49.9. The van der Waals surface area contributed by atoms with E-state index in [2.05, 4.69) is 92.1 Å². The number of nitrogens with one attached hydrogen (secondary N) is 1. The molecule has 0 bridgehead atoms. The number of hydrogen-bond acceptors (Lipinski definition) is 5. The van der Waals surface area contributed by atoms with Gasteiger partial charge in [0, 0.05) is 6.42 Å². The zero-order valence-corrected chi connectivity index (χ0v) is 45.7. The van der Waals surface area contributed by atoms with E-state index >= 15 is 0 Å². The highest BCUT2D eigenvalue weighted by Gasteiger charge is 2.27. The van der Waals surface area contributed by atoms with Gasteiger partial charge in [-0.1, -0.05) is 227 Å². The van der Waals surface area contributed by atoms with Crippen LogP contribution in [0.4, 0.5) is 0 Å². The Balaban J connectivity index is 4.34. The van der Waals surface area contributed by atoms with Crippen LogP contribution in [0.25, 0.3) is 0 Å². The predicted octanol–water partition coefficient (Wildman–Crippen LogP) is 16.9. The lowest BCUT2D eigenvalue weighted by molar-refractivity contribution is -0.870. The lowest BCUT2D eigenvalue weighted by Gasteiger charge is -2.25. The van der Waals surface area contributed by atoms with Crippen molar-refractivity contribution in [1.29, 1.82) is 0 Å². The van der Waals surface area contributed by atoms with E-state index in [1.54, 1.807) is 6.08 Å². The number of aliphatic hydroxyl groups excluding tert-OH is 1. The Morgan fingerprint density at radius 1 is 0.515 bits per heavy atom. The largest absolute Gasteiger partial charge is 0.472 e. The number of carbonyl (C=O) groups is 1. The van der Waals surface area contributed by atoms with Crippen LogP contribution in [0.5, 0.6) is 0 Å². The van der Waals surface area contributed by atoms with Crippen molar-refractivity contribution in [1.82, 2.24) is 5.32 Å². The van der Waals surface area contributed by atoms with Gasteiger partial charge < -0.3 is 19.8 Å². The van der Waals surface area contributed by atoms with Crippen molar-refractivity contribution >= 4 is 13.7 Å². The highest BCUT2D eigenvalue weighted by molar-refractivity contribution is 7.47. The van der Waals surface area contributed by atoms with Crippen LogP contribution in [0, 0.1) is 0 Å². The molecule has 0 aromatic carbocycles. The van der Waals surface area contributed by atoms with Gasteiger partial charge in [-0.15, -0.1) is 0 Å². The fourth-order valence-electron chi connectivity index (χ4n) is 7.71. The monoisotopic (exact) mass is 972 g/mol. The van der Waals surface area contributed by atoms with Crippen LogP contribution < -0.4 is 5.32 Å². The molecule has 0 heterocycles. The number of quaternary nitrogens is 1. The number of aliphatic hydroxyl groups is 1. The first kappa shape index (κ1) is 65.7. The molecule has 68 heavy (non-hydrogen) atoms. The lowest BCUT2D eigenvalue weighted by Crippen LogP contribution is -2.45. The van der Waals surface area contributed by atoms with E-state index in [-0.39, 0.29) is 19.1 Å². The minimum absolute atomic E-state index is 0.0489. The zero-order valence-electron chi connectivity index (χ0n) is 44.8. The van der Waals surface area contributed by atoms with E-state index in [1.807, 2.05) is 27.2 Å². The number of likely N-dealkylation sites (N-methyl/N-ethyl adjacent to an activating group) is 1. The number of nitrogens with zero attached hydrogens (tertiary/aromatic N) is 1. The molecule has 0 aliphatic heterocycles. The molecule has 8 nitrogen and oxygen atoms in total. The van der Waals surface area contributed by atoms with E-state index < -0.39 is 20.0 Å². The van der Waals surface area contributed by atoms with Crippen LogP contribution in [-0.2, 0) is 18.4 Å². The number of amides is 1. The maximum Gasteiger partial charge on any atom is 0.472 e. The lowest BCUT2D eigenvalue weighted by atomic mass is 10.0. The van der Waals surface area contributed by atoms with Gasteiger partial charge in [0.1, 0.15) is 13.2 Å². The average molecular weight is 972 g/mol. The summed E-state index contributed by atoms with van der Waals surface area (Å²) >= 11 is 0. The van der Waals surface area contributed by atoms with Crippen LogP contribution in [-0.4, -0.2) is 73.4 Å². The van der Waals surface area contributed by atoms with Gasteiger partial charge >= 0.3 is 7.82 Å². The van der Waals surface area contributed by atoms with Gasteiger partial charge in [-0.05, 0) is 83.5 Å². The number of rotatable bonds is 50. The Bertz CT molecular complexity index is 1380. The molecule has 0 radical (unpaired) electrons. The number of hydrogen-bond donors (Lipinski definition) is 3. The van der Waals surface area contributed by atoms with E-state index in [0.29, 0.717) is 17.4 Å². The van der Waals surface area contributed by atoms with Crippen molar-refractivity contribution in [2.75, 3.05) is 40.9 Å². The molecule has 3 unspecified atom stereocenters. The molecule has 394 valence electrons.